The third-order valence-corrected chi connectivity index (χ3v) is 5.00. The van der Waals surface area contributed by atoms with Crippen LogP contribution in [-0.2, 0) is 0 Å². The van der Waals surface area contributed by atoms with E-state index in [2.05, 4.69) is 15.6 Å². The number of nitrogens with one attached hydrogen (secondary N) is 2. The summed E-state index contributed by atoms with van der Waals surface area (Å²) in [5.41, 5.74) is 1.05. The molecule has 0 saturated heterocycles. The molecule has 7 nitrogen and oxygen atoms in total. The van der Waals surface area contributed by atoms with Gasteiger partial charge in [-0.2, -0.15) is 0 Å². The summed E-state index contributed by atoms with van der Waals surface area (Å²) in [7, 11) is 1.78. The van der Waals surface area contributed by atoms with Crippen LogP contribution in [0.1, 0.15) is 16.1 Å². The fourth-order valence-corrected chi connectivity index (χ4v) is 3.64. The second-order valence-corrected chi connectivity index (χ2v) is 6.80. The molecule has 2 aromatic rings. The highest BCUT2D eigenvalue weighted by atomic mass is 32.2. The highest BCUT2D eigenvalue weighted by Crippen LogP contribution is 2.36. The van der Waals surface area contributed by atoms with Gasteiger partial charge in [0.2, 0.25) is 0 Å². The van der Waals surface area contributed by atoms with Gasteiger partial charge in [0.05, 0.1) is 9.82 Å². The highest BCUT2D eigenvalue weighted by Gasteiger charge is 2.19. The summed E-state index contributed by atoms with van der Waals surface area (Å²) in [6, 6.07) is 4.48. The van der Waals surface area contributed by atoms with Crippen LogP contribution >= 0.6 is 23.1 Å². The number of thiazole rings is 1. The molecule has 2 N–H and O–H groups in total. The van der Waals surface area contributed by atoms with Gasteiger partial charge in [0.15, 0.2) is 4.34 Å². The van der Waals surface area contributed by atoms with E-state index in [0.29, 0.717) is 18.0 Å². The predicted molar refractivity (Wildman–Crippen MR) is 90.3 cm³/mol. The number of aryl methyl sites for hydroxylation is 1. The van der Waals surface area contributed by atoms with Crippen molar-refractivity contribution in [3.05, 3.63) is 45.0 Å². The van der Waals surface area contributed by atoms with E-state index in [-0.39, 0.29) is 17.2 Å². The maximum atomic E-state index is 12.0. The largest absolute Gasteiger partial charge is 0.351 e. The Morgan fingerprint density at radius 3 is 2.83 bits per heavy atom. The lowest BCUT2D eigenvalue weighted by atomic mass is 10.2. The zero-order valence-corrected chi connectivity index (χ0v) is 14.3. The van der Waals surface area contributed by atoms with Crippen LogP contribution in [0.4, 0.5) is 5.69 Å². The molecule has 0 radical (unpaired) electrons. The van der Waals surface area contributed by atoms with E-state index in [1.54, 1.807) is 19.2 Å². The van der Waals surface area contributed by atoms with Crippen molar-refractivity contribution < 1.29 is 9.72 Å². The number of benzene rings is 1. The fourth-order valence-electron chi connectivity index (χ4n) is 1.76. The summed E-state index contributed by atoms with van der Waals surface area (Å²) >= 11 is 2.66. The Morgan fingerprint density at radius 2 is 2.22 bits per heavy atom. The average molecular weight is 352 g/mol. The van der Waals surface area contributed by atoms with Crippen molar-refractivity contribution in [1.82, 2.24) is 15.6 Å². The van der Waals surface area contributed by atoms with Gasteiger partial charge in [-0.1, -0.05) is 11.8 Å². The number of hydrogen-bond donors (Lipinski definition) is 2. The Morgan fingerprint density at radius 1 is 1.43 bits per heavy atom. The summed E-state index contributed by atoms with van der Waals surface area (Å²) in [5, 5.41) is 18.8. The first-order valence-corrected chi connectivity index (χ1v) is 8.52. The Bertz CT molecular complexity index is 718. The van der Waals surface area contributed by atoms with Crippen molar-refractivity contribution in [2.45, 2.75) is 16.2 Å². The maximum Gasteiger partial charge on any atom is 0.284 e. The molecule has 0 atom stereocenters. The number of likely N-dealkylation sites (N-methyl/N-ethyl adjacent to an activating group) is 1. The van der Waals surface area contributed by atoms with E-state index in [4.69, 9.17) is 0 Å². The van der Waals surface area contributed by atoms with E-state index in [1.165, 1.54) is 29.2 Å². The number of nitro benzene ring substituents is 1. The van der Waals surface area contributed by atoms with E-state index in [1.807, 2.05) is 12.3 Å². The Hall–Kier alpha value is -1.97. The number of aromatic nitrogens is 1. The monoisotopic (exact) mass is 352 g/mol. The molecule has 1 amide bonds. The number of nitrogens with zero attached hydrogens (tertiary/aromatic N) is 2. The zero-order chi connectivity index (χ0) is 16.8. The minimum atomic E-state index is -0.479. The number of amides is 1. The molecule has 122 valence electrons. The molecular formula is C14H16N4O3S2. The van der Waals surface area contributed by atoms with Crippen molar-refractivity contribution in [2.24, 2.45) is 0 Å². The summed E-state index contributed by atoms with van der Waals surface area (Å²) in [4.78, 5) is 27.6. The molecule has 1 heterocycles. The number of rotatable bonds is 7. The van der Waals surface area contributed by atoms with Crippen LogP contribution in [-0.4, -0.2) is 36.0 Å². The van der Waals surface area contributed by atoms with Gasteiger partial charge in [-0.3, -0.25) is 14.9 Å². The quantitative estimate of drug-likeness (QED) is 0.451. The molecule has 9 heteroatoms. The van der Waals surface area contributed by atoms with Crippen molar-refractivity contribution in [3.8, 4) is 0 Å². The Balaban J connectivity index is 2.20. The SMILES string of the molecule is CNCCNC(=O)c1ccc(Sc2nc(C)cs2)c([N+](=O)[O-])c1. The van der Waals surface area contributed by atoms with Gasteiger partial charge in [0.25, 0.3) is 11.6 Å². The Labute approximate surface area is 141 Å². The number of hydrogen-bond acceptors (Lipinski definition) is 7. The van der Waals surface area contributed by atoms with Gasteiger partial charge in [0, 0.05) is 35.8 Å². The van der Waals surface area contributed by atoms with Crippen LogP contribution in [0.25, 0.3) is 0 Å². The molecule has 0 aliphatic rings. The maximum absolute atomic E-state index is 12.0. The average Bonchev–Trinajstić information content (AvgIpc) is 2.92. The molecule has 0 bridgehead atoms. The van der Waals surface area contributed by atoms with E-state index in [9.17, 15) is 14.9 Å². The van der Waals surface area contributed by atoms with Crippen LogP contribution in [0.2, 0.25) is 0 Å². The van der Waals surface area contributed by atoms with Gasteiger partial charge >= 0.3 is 0 Å². The lowest BCUT2D eigenvalue weighted by Crippen LogP contribution is -2.30. The molecule has 23 heavy (non-hydrogen) atoms. The van der Waals surface area contributed by atoms with E-state index in [0.717, 1.165) is 10.0 Å². The second-order valence-electron chi connectivity index (χ2n) is 4.66. The van der Waals surface area contributed by atoms with E-state index >= 15 is 0 Å². The van der Waals surface area contributed by atoms with Crippen LogP contribution in [0.15, 0.2) is 32.8 Å². The van der Waals surface area contributed by atoms with Crippen LogP contribution in [0.3, 0.4) is 0 Å². The zero-order valence-electron chi connectivity index (χ0n) is 12.7. The van der Waals surface area contributed by atoms with Crippen LogP contribution in [0, 0.1) is 17.0 Å². The molecular weight excluding hydrogens is 336 g/mol. The summed E-state index contributed by atoms with van der Waals surface area (Å²) < 4.78 is 0.733. The third-order valence-electron chi connectivity index (χ3n) is 2.87. The second kappa shape index (κ2) is 8.04. The van der Waals surface area contributed by atoms with Gasteiger partial charge in [-0.05, 0) is 26.1 Å². The first kappa shape index (κ1) is 17.4. The van der Waals surface area contributed by atoms with Crippen LogP contribution < -0.4 is 10.6 Å². The smallest absolute Gasteiger partial charge is 0.284 e. The molecule has 0 fully saturated rings. The van der Waals surface area contributed by atoms with Crippen LogP contribution in [0.5, 0.6) is 0 Å². The van der Waals surface area contributed by atoms with Gasteiger partial charge in [-0.15, -0.1) is 11.3 Å². The minimum absolute atomic E-state index is 0.0934. The molecule has 0 spiro atoms. The topological polar surface area (TPSA) is 97.2 Å². The molecule has 1 aromatic heterocycles. The minimum Gasteiger partial charge on any atom is -0.351 e. The summed E-state index contributed by atoms with van der Waals surface area (Å²) in [6.45, 7) is 2.96. The molecule has 0 unspecified atom stereocenters. The first-order chi connectivity index (χ1) is 11.0. The van der Waals surface area contributed by atoms with Crippen molar-refractivity contribution >= 4 is 34.7 Å². The van der Waals surface area contributed by atoms with Crippen molar-refractivity contribution in [3.63, 3.8) is 0 Å². The number of nitro groups is 1. The number of carbonyl (C=O) groups excluding carboxylic acids is 1. The standard InChI is InChI=1S/C14H16N4O3S2/c1-9-8-22-14(17-9)23-12-4-3-10(7-11(12)18(20)21)13(19)16-6-5-15-2/h3-4,7-8,15H,5-6H2,1-2H3,(H,16,19). The van der Waals surface area contributed by atoms with Gasteiger partial charge in [-0.25, -0.2) is 4.98 Å². The van der Waals surface area contributed by atoms with Crippen molar-refractivity contribution in [1.29, 1.82) is 0 Å². The van der Waals surface area contributed by atoms with E-state index < -0.39 is 4.92 Å². The normalized spacial score (nSPS) is 10.5. The van der Waals surface area contributed by atoms with Crippen molar-refractivity contribution in [2.75, 3.05) is 20.1 Å². The lowest BCUT2D eigenvalue weighted by Gasteiger charge is -2.06. The molecule has 2 rings (SSSR count). The fraction of sp³-hybridized carbons (Fsp3) is 0.286. The van der Waals surface area contributed by atoms with Gasteiger partial charge < -0.3 is 10.6 Å². The molecule has 0 saturated carbocycles. The molecule has 0 aliphatic heterocycles. The number of carbonyl (C=O) groups is 1. The third kappa shape index (κ3) is 4.75. The van der Waals surface area contributed by atoms with Gasteiger partial charge in [0.1, 0.15) is 0 Å². The lowest BCUT2D eigenvalue weighted by molar-refractivity contribution is -0.387. The summed E-state index contributed by atoms with van der Waals surface area (Å²) in [6.07, 6.45) is 0. The highest BCUT2D eigenvalue weighted by molar-refractivity contribution is 8.01. The summed E-state index contributed by atoms with van der Waals surface area (Å²) in [5.74, 6) is -0.329. The molecule has 1 aromatic carbocycles. The predicted octanol–water partition coefficient (Wildman–Crippen LogP) is 2.46. The first-order valence-electron chi connectivity index (χ1n) is 6.82. The molecule has 0 aliphatic carbocycles. The Kier molecular flexibility index (Phi) is 6.08.